The Hall–Kier alpha value is -2.26. The Bertz CT molecular complexity index is 941. The van der Waals surface area contributed by atoms with Gasteiger partial charge in [-0.15, -0.1) is 11.8 Å². The highest BCUT2D eigenvalue weighted by Crippen LogP contribution is 2.34. The Morgan fingerprint density at radius 2 is 1.77 bits per heavy atom. The lowest BCUT2D eigenvalue weighted by molar-refractivity contribution is -0.136. The summed E-state index contributed by atoms with van der Waals surface area (Å²) in [6, 6.07) is 10.5. The van der Waals surface area contributed by atoms with Gasteiger partial charge in [0.15, 0.2) is 5.13 Å². The van der Waals surface area contributed by atoms with Gasteiger partial charge < -0.3 is 14.7 Å². The predicted molar refractivity (Wildman–Crippen MR) is 141 cm³/mol. The van der Waals surface area contributed by atoms with Gasteiger partial charge in [-0.3, -0.25) is 10.1 Å². The van der Waals surface area contributed by atoms with E-state index in [2.05, 4.69) is 15.2 Å². The summed E-state index contributed by atoms with van der Waals surface area (Å²) in [6.07, 6.45) is 11.7. The van der Waals surface area contributed by atoms with Gasteiger partial charge >= 0.3 is 12.0 Å². The number of nitrogens with zero attached hydrogens (tertiary/aromatic N) is 2. The molecule has 35 heavy (non-hydrogen) atoms. The monoisotopic (exact) mass is 517 g/mol. The molecule has 2 N–H and O–H groups in total. The second kappa shape index (κ2) is 13.2. The van der Waals surface area contributed by atoms with Gasteiger partial charge in [0.25, 0.3) is 0 Å². The fourth-order valence-corrected chi connectivity index (χ4v) is 6.96. The summed E-state index contributed by atoms with van der Waals surface area (Å²) in [5.74, 6) is 1.13. The fourth-order valence-electron chi connectivity index (χ4n) is 5.09. The van der Waals surface area contributed by atoms with Crippen molar-refractivity contribution in [2.75, 3.05) is 17.7 Å². The molecule has 4 rings (SSSR count). The quantitative estimate of drug-likeness (QED) is 0.349. The number of carboxylic acid groups (broad SMARTS) is 1. The number of hydrogen-bond acceptors (Lipinski definition) is 6. The number of benzene rings is 1. The number of thioether (sulfide) groups is 1. The SMILES string of the molecule is O=C(O)CCSc1cnc(NC(=O)N(C2CCCCC2)C2CCC(COc3ccccc3)CC2)s1. The molecule has 2 aromatic rings. The van der Waals surface area contributed by atoms with Gasteiger partial charge in [0.2, 0.25) is 0 Å². The zero-order valence-corrected chi connectivity index (χ0v) is 21.7. The molecule has 0 spiro atoms. The Kier molecular flexibility index (Phi) is 9.71. The van der Waals surface area contributed by atoms with Crippen LogP contribution in [0, 0.1) is 5.92 Å². The number of hydrogen-bond donors (Lipinski definition) is 2. The van der Waals surface area contributed by atoms with Gasteiger partial charge in [-0.05, 0) is 56.6 Å². The van der Waals surface area contributed by atoms with E-state index < -0.39 is 5.97 Å². The average molecular weight is 518 g/mol. The van der Waals surface area contributed by atoms with Crippen molar-refractivity contribution in [3.8, 4) is 5.75 Å². The molecular weight excluding hydrogens is 482 g/mol. The maximum absolute atomic E-state index is 13.5. The molecular formula is C26H35N3O4S2. The third-order valence-corrected chi connectivity index (χ3v) is 9.01. The van der Waals surface area contributed by atoms with Crippen molar-refractivity contribution in [3.63, 3.8) is 0 Å². The molecule has 2 amide bonds. The number of para-hydroxylation sites is 1. The Labute approximate surface area is 215 Å². The van der Waals surface area contributed by atoms with E-state index in [1.165, 1.54) is 42.4 Å². The highest BCUT2D eigenvalue weighted by molar-refractivity contribution is 8.01. The molecule has 2 saturated carbocycles. The van der Waals surface area contributed by atoms with E-state index in [9.17, 15) is 9.59 Å². The van der Waals surface area contributed by atoms with Crippen LogP contribution in [0.15, 0.2) is 40.7 Å². The summed E-state index contributed by atoms with van der Waals surface area (Å²) in [5, 5.41) is 12.5. The van der Waals surface area contributed by atoms with Crippen LogP contribution in [0.2, 0.25) is 0 Å². The molecule has 9 heteroatoms. The maximum Gasteiger partial charge on any atom is 0.324 e. The first-order valence-corrected chi connectivity index (χ1v) is 14.5. The minimum atomic E-state index is -0.806. The first-order valence-electron chi connectivity index (χ1n) is 12.7. The third-order valence-electron chi connectivity index (χ3n) is 6.90. The molecule has 0 saturated heterocycles. The van der Waals surface area contributed by atoms with E-state index in [-0.39, 0.29) is 24.5 Å². The summed E-state index contributed by atoms with van der Waals surface area (Å²) in [7, 11) is 0. The molecule has 0 atom stereocenters. The number of carbonyl (C=O) groups is 2. The Balaban J connectivity index is 1.33. The van der Waals surface area contributed by atoms with Crippen LogP contribution < -0.4 is 10.1 Å². The molecule has 2 aliphatic rings. The summed E-state index contributed by atoms with van der Waals surface area (Å²) in [5.41, 5.74) is 0. The van der Waals surface area contributed by atoms with Crippen molar-refractivity contribution in [3.05, 3.63) is 36.5 Å². The van der Waals surface area contributed by atoms with Crippen LogP contribution in [-0.4, -0.2) is 51.4 Å². The van der Waals surface area contributed by atoms with Crippen LogP contribution in [0.4, 0.5) is 9.93 Å². The number of aromatic nitrogens is 1. The second-order valence-corrected chi connectivity index (χ2v) is 11.8. The predicted octanol–water partition coefficient (Wildman–Crippen LogP) is 6.51. The molecule has 190 valence electrons. The number of carboxylic acids is 1. The average Bonchev–Trinajstić information content (AvgIpc) is 3.31. The number of urea groups is 1. The first-order chi connectivity index (χ1) is 17.1. The lowest BCUT2D eigenvalue weighted by atomic mass is 9.84. The van der Waals surface area contributed by atoms with Gasteiger partial charge in [-0.1, -0.05) is 48.8 Å². The number of carbonyl (C=O) groups excluding carboxylic acids is 1. The van der Waals surface area contributed by atoms with Crippen LogP contribution in [-0.2, 0) is 4.79 Å². The van der Waals surface area contributed by atoms with Crippen molar-refractivity contribution in [2.45, 2.75) is 80.5 Å². The number of nitrogens with one attached hydrogen (secondary N) is 1. The molecule has 1 heterocycles. The standard InChI is InChI=1S/C26H35N3O4S2/c30-23(31)15-16-34-24-17-27-25(35-24)28-26(32)29(20-7-3-1-4-8-20)21-13-11-19(12-14-21)18-33-22-9-5-2-6-10-22/h2,5-6,9-10,17,19-21H,1,3-4,7-8,11-16,18H2,(H,30,31)(H,27,28,32). The van der Waals surface area contributed by atoms with Gasteiger partial charge in [-0.25, -0.2) is 9.78 Å². The van der Waals surface area contributed by atoms with Crippen LogP contribution in [0.1, 0.15) is 64.2 Å². The molecule has 0 bridgehead atoms. The van der Waals surface area contributed by atoms with Crippen LogP contribution in [0.25, 0.3) is 0 Å². The Morgan fingerprint density at radius 3 is 2.49 bits per heavy atom. The third kappa shape index (κ3) is 7.87. The molecule has 1 aromatic carbocycles. The van der Waals surface area contributed by atoms with Crippen LogP contribution in [0.5, 0.6) is 5.75 Å². The number of rotatable bonds is 10. The number of anilines is 1. The molecule has 7 nitrogen and oxygen atoms in total. The van der Waals surface area contributed by atoms with Gasteiger partial charge in [0.05, 0.1) is 23.4 Å². The topological polar surface area (TPSA) is 91.8 Å². The largest absolute Gasteiger partial charge is 0.493 e. The van der Waals surface area contributed by atoms with E-state index in [0.717, 1.165) is 55.1 Å². The minimum Gasteiger partial charge on any atom is -0.493 e. The number of aliphatic carboxylic acids is 1. The van der Waals surface area contributed by atoms with Crippen LogP contribution in [0.3, 0.4) is 0 Å². The van der Waals surface area contributed by atoms with E-state index in [1.807, 2.05) is 30.3 Å². The zero-order valence-electron chi connectivity index (χ0n) is 20.1. The molecule has 0 aliphatic heterocycles. The smallest absolute Gasteiger partial charge is 0.324 e. The fraction of sp³-hybridized carbons (Fsp3) is 0.577. The highest BCUT2D eigenvalue weighted by Gasteiger charge is 2.34. The van der Waals surface area contributed by atoms with Gasteiger partial charge in [-0.2, -0.15) is 0 Å². The summed E-state index contributed by atoms with van der Waals surface area (Å²) < 4.78 is 6.91. The molecule has 0 radical (unpaired) electrons. The number of thiazole rings is 1. The molecule has 1 aromatic heterocycles. The highest BCUT2D eigenvalue weighted by atomic mass is 32.2. The van der Waals surface area contributed by atoms with Gasteiger partial charge in [0, 0.05) is 17.8 Å². The lowest BCUT2D eigenvalue weighted by Gasteiger charge is -2.42. The number of amides is 2. The maximum atomic E-state index is 13.5. The normalized spacial score (nSPS) is 20.8. The van der Waals surface area contributed by atoms with E-state index in [0.29, 0.717) is 16.8 Å². The van der Waals surface area contributed by atoms with Crippen molar-refractivity contribution < 1.29 is 19.4 Å². The summed E-state index contributed by atoms with van der Waals surface area (Å²) >= 11 is 2.88. The van der Waals surface area contributed by atoms with E-state index in [1.54, 1.807) is 6.20 Å². The first kappa shape index (κ1) is 25.8. The minimum absolute atomic E-state index is 0.0441. The number of ether oxygens (including phenoxy) is 1. The summed E-state index contributed by atoms with van der Waals surface area (Å²) in [6.45, 7) is 0.730. The molecule has 2 aliphatic carbocycles. The lowest BCUT2D eigenvalue weighted by Crippen LogP contribution is -2.51. The molecule has 0 unspecified atom stereocenters. The van der Waals surface area contributed by atoms with Crippen molar-refractivity contribution >= 4 is 40.2 Å². The summed E-state index contributed by atoms with van der Waals surface area (Å²) in [4.78, 5) is 30.7. The van der Waals surface area contributed by atoms with E-state index in [4.69, 9.17) is 9.84 Å². The van der Waals surface area contributed by atoms with Crippen molar-refractivity contribution in [1.29, 1.82) is 0 Å². The van der Waals surface area contributed by atoms with Crippen molar-refractivity contribution in [2.24, 2.45) is 5.92 Å². The van der Waals surface area contributed by atoms with Crippen molar-refractivity contribution in [1.82, 2.24) is 9.88 Å². The van der Waals surface area contributed by atoms with E-state index >= 15 is 0 Å². The Morgan fingerprint density at radius 1 is 1.06 bits per heavy atom. The van der Waals surface area contributed by atoms with Crippen LogP contribution >= 0.6 is 23.1 Å². The zero-order chi connectivity index (χ0) is 24.5. The molecule has 2 fully saturated rings. The van der Waals surface area contributed by atoms with Gasteiger partial charge in [0.1, 0.15) is 5.75 Å². The second-order valence-electron chi connectivity index (χ2n) is 9.40.